The molecule has 0 radical (unpaired) electrons. The molecule has 2 rings (SSSR count). The van der Waals surface area contributed by atoms with Gasteiger partial charge in [0.2, 0.25) is 11.8 Å². The number of alkyl halides is 2. The molecule has 2 nitrogen and oxygen atoms in total. The maximum absolute atomic E-state index is 13.2. The third kappa shape index (κ3) is 2.84. The molecule has 1 saturated carbocycles. The van der Waals surface area contributed by atoms with E-state index in [0.29, 0.717) is 18.4 Å². The van der Waals surface area contributed by atoms with Gasteiger partial charge in [0.25, 0.3) is 0 Å². The highest BCUT2D eigenvalue weighted by atomic mass is 19.3. The first-order valence-electron chi connectivity index (χ1n) is 7.15. The van der Waals surface area contributed by atoms with Gasteiger partial charge in [-0.2, -0.15) is 0 Å². The molecule has 0 heterocycles. The quantitative estimate of drug-likeness (QED) is 0.895. The summed E-state index contributed by atoms with van der Waals surface area (Å²) >= 11 is 0. The Bertz CT molecular complexity index is 515. The molecule has 2 N–H and O–H groups in total. The Hall–Kier alpha value is -1.45. The Balaban J connectivity index is 2.32. The van der Waals surface area contributed by atoms with Crippen molar-refractivity contribution in [3.05, 3.63) is 34.4 Å². The van der Waals surface area contributed by atoms with Crippen molar-refractivity contribution in [2.24, 2.45) is 5.73 Å². The van der Waals surface area contributed by atoms with Gasteiger partial charge in [-0.3, -0.25) is 4.79 Å². The van der Waals surface area contributed by atoms with Crippen LogP contribution >= 0.6 is 0 Å². The van der Waals surface area contributed by atoms with E-state index in [9.17, 15) is 13.6 Å². The highest BCUT2D eigenvalue weighted by Gasteiger charge is 2.35. The Morgan fingerprint density at radius 1 is 1.35 bits per heavy atom. The number of carbonyl (C=O) groups excluding carboxylic acids is 1. The summed E-state index contributed by atoms with van der Waals surface area (Å²) in [5.41, 5.74) is 9.03. The van der Waals surface area contributed by atoms with Crippen LogP contribution in [0.2, 0.25) is 0 Å². The molecule has 1 fully saturated rings. The SMILES string of the molecule is CCc1c(C(N)=O)ccc(C2CCC(F)(F)CC2)c1C. The highest BCUT2D eigenvalue weighted by molar-refractivity contribution is 5.94. The Morgan fingerprint density at radius 3 is 2.45 bits per heavy atom. The highest BCUT2D eigenvalue weighted by Crippen LogP contribution is 2.42. The van der Waals surface area contributed by atoms with Crippen LogP contribution in [0.1, 0.15) is 65.6 Å². The van der Waals surface area contributed by atoms with E-state index < -0.39 is 11.8 Å². The molecular weight excluding hydrogens is 260 g/mol. The summed E-state index contributed by atoms with van der Waals surface area (Å²) < 4.78 is 26.5. The fraction of sp³-hybridized carbons (Fsp3) is 0.562. The van der Waals surface area contributed by atoms with Crippen LogP contribution in [0.3, 0.4) is 0 Å². The zero-order valence-electron chi connectivity index (χ0n) is 12.0. The molecule has 1 aliphatic rings. The van der Waals surface area contributed by atoms with Crippen molar-refractivity contribution in [2.45, 2.75) is 57.8 Å². The third-order valence-corrected chi connectivity index (χ3v) is 4.42. The van der Waals surface area contributed by atoms with Crippen molar-refractivity contribution >= 4 is 5.91 Å². The molecule has 20 heavy (non-hydrogen) atoms. The number of primary amides is 1. The van der Waals surface area contributed by atoms with Gasteiger partial charge in [-0.15, -0.1) is 0 Å². The molecule has 1 aromatic carbocycles. The van der Waals surface area contributed by atoms with Crippen LogP contribution in [0, 0.1) is 6.92 Å². The maximum atomic E-state index is 13.2. The van der Waals surface area contributed by atoms with Gasteiger partial charge in [0.1, 0.15) is 0 Å². The average Bonchev–Trinajstić information content (AvgIpc) is 2.38. The van der Waals surface area contributed by atoms with E-state index >= 15 is 0 Å². The van der Waals surface area contributed by atoms with Gasteiger partial charge in [-0.05, 0) is 54.9 Å². The fourth-order valence-electron chi connectivity index (χ4n) is 3.25. The Kier molecular flexibility index (Phi) is 4.11. The molecule has 0 atom stereocenters. The summed E-state index contributed by atoms with van der Waals surface area (Å²) in [5, 5.41) is 0. The van der Waals surface area contributed by atoms with Crippen LogP contribution in [0.25, 0.3) is 0 Å². The maximum Gasteiger partial charge on any atom is 0.248 e. The number of nitrogens with two attached hydrogens (primary N) is 1. The van der Waals surface area contributed by atoms with E-state index in [-0.39, 0.29) is 18.8 Å². The Morgan fingerprint density at radius 2 is 1.95 bits per heavy atom. The van der Waals surface area contributed by atoms with Gasteiger partial charge in [-0.25, -0.2) is 8.78 Å². The van der Waals surface area contributed by atoms with Crippen molar-refractivity contribution in [2.75, 3.05) is 0 Å². The molecular formula is C16H21F2NO. The van der Waals surface area contributed by atoms with Crippen LogP contribution < -0.4 is 5.73 Å². The molecule has 0 saturated heterocycles. The second-order valence-corrected chi connectivity index (χ2v) is 5.65. The fourth-order valence-corrected chi connectivity index (χ4v) is 3.25. The van der Waals surface area contributed by atoms with Crippen LogP contribution in [0.4, 0.5) is 8.78 Å². The summed E-state index contributed by atoms with van der Waals surface area (Å²) in [6, 6.07) is 3.64. The largest absolute Gasteiger partial charge is 0.366 e. The van der Waals surface area contributed by atoms with E-state index in [1.54, 1.807) is 6.07 Å². The number of benzene rings is 1. The molecule has 110 valence electrons. The molecule has 0 unspecified atom stereocenters. The molecule has 1 aromatic rings. The lowest BCUT2D eigenvalue weighted by molar-refractivity contribution is -0.0382. The van der Waals surface area contributed by atoms with E-state index in [0.717, 1.165) is 23.1 Å². The minimum Gasteiger partial charge on any atom is -0.366 e. The van der Waals surface area contributed by atoms with Crippen LogP contribution in [-0.2, 0) is 6.42 Å². The van der Waals surface area contributed by atoms with Gasteiger partial charge in [-0.1, -0.05) is 13.0 Å². The van der Waals surface area contributed by atoms with Crippen molar-refractivity contribution in [1.82, 2.24) is 0 Å². The van der Waals surface area contributed by atoms with Crippen LogP contribution in [0.5, 0.6) is 0 Å². The third-order valence-electron chi connectivity index (χ3n) is 4.42. The number of amides is 1. The van der Waals surface area contributed by atoms with Gasteiger partial charge < -0.3 is 5.73 Å². The molecule has 0 aromatic heterocycles. The summed E-state index contributed by atoms with van der Waals surface area (Å²) in [4.78, 5) is 11.4. The smallest absolute Gasteiger partial charge is 0.248 e. The van der Waals surface area contributed by atoms with Gasteiger partial charge in [0.15, 0.2) is 0 Å². The van der Waals surface area contributed by atoms with Crippen molar-refractivity contribution in [1.29, 1.82) is 0 Å². The van der Waals surface area contributed by atoms with Crippen molar-refractivity contribution in [3.63, 3.8) is 0 Å². The monoisotopic (exact) mass is 281 g/mol. The normalized spacial score (nSPS) is 19.0. The van der Waals surface area contributed by atoms with Crippen LogP contribution in [-0.4, -0.2) is 11.8 Å². The van der Waals surface area contributed by atoms with Gasteiger partial charge >= 0.3 is 0 Å². The number of rotatable bonds is 3. The first kappa shape index (κ1) is 14.9. The lowest BCUT2D eigenvalue weighted by Gasteiger charge is -2.30. The summed E-state index contributed by atoms with van der Waals surface area (Å²) in [6.07, 6.45) is 1.65. The molecule has 0 aliphatic heterocycles. The predicted molar refractivity (Wildman–Crippen MR) is 75.2 cm³/mol. The zero-order chi connectivity index (χ0) is 14.9. The van der Waals surface area contributed by atoms with E-state index in [4.69, 9.17) is 5.73 Å². The lowest BCUT2D eigenvalue weighted by Crippen LogP contribution is -2.24. The van der Waals surface area contributed by atoms with E-state index in [1.807, 2.05) is 19.9 Å². The second-order valence-electron chi connectivity index (χ2n) is 5.65. The van der Waals surface area contributed by atoms with Gasteiger partial charge in [0, 0.05) is 18.4 Å². The summed E-state index contributed by atoms with van der Waals surface area (Å²) in [6.45, 7) is 3.95. The second kappa shape index (κ2) is 5.51. The average molecular weight is 281 g/mol. The molecule has 0 bridgehead atoms. The Labute approximate surface area is 118 Å². The molecule has 0 spiro atoms. The first-order valence-corrected chi connectivity index (χ1v) is 7.15. The number of hydrogen-bond donors (Lipinski definition) is 1. The standard InChI is InChI=1S/C16H21F2NO/c1-3-12-10(2)13(4-5-14(12)15(19)20)11-6-8-16(17,18)9-7-11/h4-5,11H,3,6-9H2,1-2H3,(H2,19,20). The van der Waals surface area contributed by atoms with Crippen LogP contribution in [0.15, 0.2) is 12.1 Å². The zero-order valence-corrected chi connectivity index (χ0v) is 12.0. The minimum atomic E-state index is -2.51. The first-order chi connectivity index (χ1) is 9.35. The number of carbonyl (C=O) groups is 1. The summed E-state index contributed by atoms with van der Waals surface area (Å²) in [7, 11) is 0. The molecule has 1 amide bonds. The minimum absolute atomic E-state index is 0.0455. The predicted octanol–water partition coefficient (Wildman–Crippen LogP) is 3.95. The summed E-state index contributed by atoms with van der Waals surface area (Å²) in [5.74, 6) is -2.76. The van der Waals surface area contributed by atoms with Crippen molar-refractivity contribution in [3.8, 4) is 0 Å². The number of hydrogen-bond acceptors (Lipinski definition) is 1. The topological polar surface area (TPSA) is 43.1 Å². The van der Waals surface area contributed by atoms with E-state index in [2.05, 4.69) is 0 Å². The lowest BCUT2D eigenvalue weighted by atomic mass is 9.79. The number of halogens is 2. The molecule has 4 heteroatoms. The van der Waals surface area contributed by atoms with Crippen molar-refractivity contribution < 1.29 is 13.6 Å². The van der Waals surface area contributed by atoms with E-state index in [1.165, 1.54) is 0 Å². The van der Waals surface area contributed by atoms with Gasteiger partial charge in [0.05, 0.1) is 0 Å². The molecule has 1 aliphatic carbocycles.